The van der Waals surface area contributed by atoms with E-state index in [1.165, 1.54) is 57.8 Å². The van der Waals surface area contributed by atoms with Gasteiger partial charge >= 0.3 is 10.4 Å². The van der Waals surface area contributed by atoms with Crippen molar-refractivity contribution >= 4 is 20.2 Å². The van der Waals surface area contributed by atoms with Crippen molar-refractivity contribution in [1.29, 1.82) is 0 Å². The summed E-state index contributed by atoms with van der Waals surface area (Å²) in [6.07, 6.45) is 14.4. The average molecular weight is 431 g/mol. The zero-order valence-corrected chi connectivity index (χ0v) is 18.4. The van der Waals surface area contributed by atoms with E-state index in [2.05, 4.69) is 11.1 Å². The lowest BCUT2D eigenvalue weighted by molar-refractivity contribution is 0.108. The molecule has 0 aromatic carbocycles. The third-order valence-corrected chi connectivity index (χ3v) is 6.47. The van der Waals surface area contributed by atoms with Crippen molar-refractivity contribution in [3.05, 3.63) is 0 Å². The highest BCUT2D eigenvalue weighted by Gasteiger charge is 2.10. The largest absolute Gasteiger partial charge is 0.397 e. The van der Waals surface area contributed by atoms with Crippen LogP contribution >= 0.6 is 0 Å². The standard InChI is InChI=1S/C18H38O7S2/c1-2-3-4-5-6-7-8-9-10-11-12-13-17-26(19,20)18-16-24-14-15-25-27(21,22)23/h2-18H2,1H3,(H,21,22,23). The molecule has 0 aliphatic rings. The lowest BCUT2D eigenvalue weighted by Gasteiger charge is -2.06. The Morgan fingerprint density at radius 3 is 1.59 bits per heavy atom. The maximum Gasteiger partial charge on any atom is 0.397 e. The number of ether oxygens (including phenoxy) is 1. The summed E-state index contributed by atoms with van der Waals surface area (Å²) in [5.74, 6) is 0.0756. The van der Waals surface area contributed by atoms with Crippen molar-refractivity contribution in [2.24, 2.45) is 0 Å². The monoisotopic (exact) mass is 430 g/mol. The van der Waals surface area contributed by atoms with E-state index in [1.54, 1.807) is 0 Å². The number of rotatable bonds is 20. The smallest absolute Gasteiger partial charge is 0.378 e. The molecule has 1 N–H and O–H groups in total. The Hall–Kier alpha value is -0.220. The molecule has 7 nitrogen and oxygen atoms in total. The van der Waals surface area contributed by atoms with Crippen molar-refractivity contribution in [1.82, 2.24) is 0 Å². The summed E-state index contributed by atoms with van der Waals surface area (Å²) in [5.41, 5.74) is 0. The van der Waals surface area contributed by atoms with Crippen molar-refractivity contribution in [2.75, 3.05) is 31.3 Å². The van der Waals surface area contributed by atoms with Gasteiger partial charge in [0.25, 0.3) is 0 Å². The number of hydrogen-bond donors (Lipinski definition) is 1. The van der Waals surface area contributed by atoms with Gasteiger partial charge in [0.05, 0.1) is 31.3 Å². The van der Waals surface area contributed by atoms with Crippen LogP contribution in [0.15, 0.2) is 0 Å². The van der Waals surface area contributed by atoms with Crippen LogP contribution in [0.1, 0.15) is 84.0 Å². The van der Waals surface area contributed by atoms with Gasteiger partial charge in [0.2, 0.25) is 0 Å². The van der Waals surface area contributed by atoms with Crippen LogP contribution in [0.2, 0.25) is 0 Å². The summed E-state index contributed by atoms with van der Waals surface area (Å²) in [6, 6.07) is 0. The van der Waals surface area contributed by atoms with Gasteiger partial charge in [-0.05, 0) is 6.42 Å². The second-order valence-electron chi connectivity index (χ2n) is 6.90. The van der Waals surface area contributed by atoms with Gasteiger partial charge in [-0.25, -0.2) is 12.6 Å². The molecule has 0 amide bonds. The summed E-state index contributed by atoms with van der Waals surface area (Å²) >= 11 is 0. The fourth-order valence-corrected chi connectivity index (χ4v) is 4.25. The van der Waals surface area contributed by atoms with Crippen molar-refractivity contribution in [3.63, 3.8) is 0 Å². The lowest BCUT2D eigenvalue weighted by Crippen LogP contribution is -2.17. The summed E-state index contributed by atoms with van der Waals surface area (Å²) in [7, 11) is -7.61. The summed E-state index contributed by atoms with van der Waals surface area (Å²) in [5, 5.41) is 0. The second-order valence-corrected chi connectivity index (χ2v) is 10.3. The van der Waals surface area contributed by atoms with Crippen molar-refractivity contribution in [2.45, 2.75) is 84.0 Å². The van der Waals surface area contributed by atoms with E-state index in [-0.39, 0.29) is 31.3 Å². The molecule has 0 radical (unpaired) electrons. The molecule has 0 fully saturated rings. The fraction of sp³-hybridized carbons (Fsp3) is 1.00. The molecule has 0 aromatic rings. The second kappa shape index (κ2) is 16.7. The van der Waals surface area contributed by atoms with Gasteiger partial charge in [-0.2, -0.15) is 8.42 Å². The number of unbranched alkanes of at least 4 members (excludes halogenated alkanes) is 11. The van der Waals surface area contributed by atoms with Gasteiger partial charge < -0.3 is 4.74 Å². The zero-order valence-electron chi connectivity index (χ0n) is 16.7. The molecule has 0 rings (SSSR count). The van der Waals surface area contributed by atoms with Crippen LogP contribution < -0.4 is 0 Å². The maximum absolute atomic E-state index is 11.9. The molecule has 0 aliphatic heterocycles. The topological polar surface area (TPSA) is 107 Å². The van der Waals surface area contributed by atoms with E-state index in [4.69, 9.17) is 9.29 Å². The van der Waals surface area contributed by atoms with E-state index in [9.17, 15) is 16.8 Å². The fourth-order valence-electron chi connectivity index (χ4n) is 2.75. The van der Waals surface area contributed by atoms with Gasteiger partial charge in [-0.3, -0.25) is 4.55 Å². The lowest BCUT2D eigenvalue weighted by atomic mass is 10.1. The molecule has 0 spiro atoms. The zero-order chi connectivity index (χ0) is 20.4. The third-order valence-electron chi connectivity index (χ3n) is 4.31. The van der Waals surface area contributed by atoms with Crippen molar-refractivity contribution in [3.8, 4) is 0 Å². The van der Waals surface area contributed by atoms with E-state index in [0.29, 0.717) is 6.42 Å². The van der Waals surface area contributed by atoms with E-state index in [1.807, 2.05) is 0 Å². The number of sulfone groups is 1. The maximum atomic E-state index is 11.9. The van der Waals surface area contributed by atoms with Gasteiger partial charge in [0.15, 0.2) is 9.84 Å². The van der Waals surface area contributed by atoms with Gasteiger partial charge in [0.1, 0.15) is 0 Å². The van der Waals surface area contributed by atoms with Crippen LogP contribution in [-0.4, -0.2) is 52.7 Å². The molecular formula is C18H38O7S2. The normalized spacial score (nSPS) is 12.5. The number of hydrogen-bond acceptors (Lipinski definition) is 6. The predicted octanol–water partition coefficient (Wildman–Crippen LogP) is 3.94. The Bertz CT molecular complexity index is 530. The summed E-state index contributed by atoms with van der Waals surface area (Å²) in [4.78, 5) is 0. The minimum Gasteiger partial charge on any atom is -0.378 e. The molecule has 0 atom stereocenters. The molecule has 0 saturated carbocycles. The van der Waals surface area contributed by atoms with Gasteiger partial charge in [-0.15, -0.1) is 0 Å². The molecule has 0 bridgehead atoms. The van der Waals surface area contributed by atoms with Crippen LogP contribution in [0.3, 0.4) is 0 Å². The Morgan fingerprint density at radius 1 is 0.630 bits per heavy atom. The highest BCUT2D eigenvalue weighted by atomic mass is 32.3. The van der Waals surface area contributed by atoms with Crippen LogP contribution in [0.5, 0.6) is 0 Å². The molecule has 0 aliphatic carbocycles. The van der Waals surface area contributed by atoms with Gasteiger partial charge in [-0.1, -0.05) is 77.6 Å². The predicted molar refractivity (Wildman–Crippen MR) is 108 cm³/mol. The molecule has 0 heterocycles. The summed E-state index contributed by atoms with van der Waals surface area (Å²) in [6.45, 7) is 1.80. The summed E-state index contributed by atoms with van der Waals surface area (Å²) < 4.78 is 61.7. The Morgan fingerprint density at radius 2 is 1.11 bits per heavy atom. The van der Waals surface area contributed by atoms with Crippen molar-refractivity contribution < 1.29 is 30.3 Å². The average Bonchev–Trinajstić information content (AvgIpc) is 2.58. The first-order chi connectivity index (χ1) is 12.8. The van der Waals surface area contributed by atoms with E-state index in [0.717, 1.165) is 12.8 Å². The molecule has 9 heteroatoms. The molecule has 27 heavy (non-hydrogen) atoms. The quantitative estimate of drug-likeness (QED) is 0.230. The Labute approximate surface area is 166 Å². The minimum atomic E-state index is -4.47. The molecular weight excluding hydrogens is 392 g/mol. The first-order valence-electron chi connectivity index (χ1n) is 10.2. The van der Waals surface area contributed by atoms with Crippen LogP contribution in [0.25, 0.3) is 0 Å². The minimum absolute atomic E-state index is 0.00454. The first-order valence-corrected chi connectivity index (χ1v) is 13.4. The Kier molecular flexibility index (Phi) is 16.6. The van der Waals surface area contributed by atoms with Gasteiger partial charge in [0, 0.05) is 0 Å². The Balaban J connectivity index is 3.42. The van der Waals surface area contributed by atoms with E-state index < -0.39 is 20.2 Å². The highest BCUT2D eigenvalue weighted by molar-refractivity contribution is 7.91. The van der Waals surface area contributed by atoms with E-state index >= 15 is 0 Å². The molecule has 164 valence electrons. The third kappa shape index (κ3) is 21.9. The van der Waals surface area contributed by atoms with Crippen LogP contribution in [0, 0.1) is 0 Å². The van der Waals surface area contributed by atoms with Crippen LogP contribution in [-0.2, 0) is 29.2 Å². The molecule has 0 aromatic heterocycles. The molecule has 0 saturated heterocycles. The van der Waals surface area contributed by atoms with Crippen LogP contribution in [0.4, 0.5) is 0 Å². The first kappa shape index (κ1) is 26.8. The highest BCUT2D eigenvalue weighted by Crippen LogP contribution is 2.12. The SMILES string of the molecule is CCCCCCCCCCCCCCS(=O)(=O)CCOCCOS(=O)(=O)O. The molecule has 0 unspecified atom stereocenters.